The molecule has 2 aliphatic carbocycles. The van der Waals surface area contributed by atoms with Gasteiger partial charge in [-0.2, -0.15) is 4.98 Å². The Kier molecular flexibility index (Phi) is 4.97. The molecular weight excluding hydrogens is 407 g/mol. The lowest BCUT2D eigenvalue weighted by Gasteiger charge is -2.39. The summed E-state index contributed by atoms with van der Waals surface area (Å²) in [5, 5.41) is 7.89. The first-order valence-electron chi connectivity index (χ1n) is 10.4. The van der Waals surface area contributed by atoms with Crippen molar-refractivity contribution in [3.05, 3.63) is 66.0 Å². The maximum Gasteiger partial charge on any atom is 0.573 e. The standard InChI is InChI=1S/C23H22F3N3O2/c24-23(25,26)30-17-9-7-16(8-10-17)20-28-21(29-31-20)22(11-4-12-22)14-27-19-13-18(19)15-5-2-1-3-6-15/h1-3,5-10,18-19,27H,4,11-14H2. The van der Waals surface area contributed by atoms with Gasteiger partial charge >= 0.3 is 6.36 Å². The number of hydrogen-bond acceptors (Lipinski definition) is 5. The minimum Gasteiger partial charge on any atom is -0.406 e. The zero-order chi connectivity index (χ0) is 21.5. The lowest BCUT2D eigenvalue weighted by atomic mass is 9.68. The fraction of sp³-hybridized carbons (Fsp3) is 0.391. The van der Waals surface area contributed by atoms with Crippen LogP contribution in [0, 0.1) is 0 Å². The molecule has 1 N–H and O–H groups in total. The van der Waals surface area contributed by atoms with E-state index >= 15 is 0 Å². The molecule has 8 heteroatoms. The van der Waals surface area contributed by atoms with Crippen LogP contribution in [0.3, 0.4) is 0 Å². The Hall–Kier alpha value is -2.87. The van der Waals surface area contributed by atoms with Crippen molar-refractivity contribution in [1.29, 1.82) is 0 Å². The number of aromatic nitrogens is 2. The van der Waals surface area contributed by atoms with Crippen LogP contribution in [-0.2, 0) is 5.41 Å². The summed E-state index contributed by atoms with van der Waals surface area (Å²) >= 11 is 0. The van der Waals surface area contributed by atoms with Gasteiger partial charge in [0.2, 0.25) is 0 Å². The third kappa shape index (κ3) is 4.30. The Morgan fingerprint density at radius 3 is 2.45 bits per heavy atom. The Balaban J connectivity index is 1.24. The van der Waals surface area contributed by atoms with Crippen LogP contribution >= 0.6 is 0 Å². The summed E-state index contributed by atoms with van der Waals surface area (Å²) < 4.78 is 46.3. The van der Waals surface area contributed by atoms with E-state index in [1.54, 1.807) is 0 Å². The summed E-state index contributed by atoms with van der Waals surface area (Å²) in [6.45, 7) is 0.790. The molecule has 162 valence electrons. The Labute approximate surface area is 177 Å². The van der Waals surface area contributed by atoms with Crippen LogP contribution in [0.25, 0.3) is 11.5 Å². The molecule has 2 aliphatic rings. The molecule has 5 rings (SSSR count). The molecule has 1 heterocycles. The number of halogens is 3. The number of rotatable bonds is 7. The average molecular weight is 429 g/mol. The first-order valence-corrected chi connectivity index (χ1v) is 10.4. The number of benzene rings is 2. The summed E-state index contributed by atoms with van der Waals surface area (Å²) in [5.74, 6) is 1.23. The highest BCUT2D eigenvalue weighted by molar-refractivity contribution is 5.54. The van der Waals surface area contributed by atoms with Gasteiger partial charge in [0.25, 0.3) is 5.89 Å². The van der Waals surface area contributed by atoms with Crippen molar-refractivity contribution in [3.63, 3.8) is 0 Å². The Morgan fingerprint density at radius 1 is 1.06 bits per heavy atom. The second kappa shape index (κ2) is 7.67. The Bertz CT molecular complexity index is 1030. The summed E-state index contributed by atoms with van der Waals surface area (Å²) in [5.41, 5.74) is 1.77. The lowest BCUT2D eigenvalue weighted by molar-refractivity contribution is -0.274. The number of nitrogens with zero attached hydrogens (tertiary/aromatic N) is 2. The van der Waals surface area contributed by atoms with Gasteiger partial charge in [-0.1, -0.05) is 41.9 Å². The topological polar surface area (TPSA) is 60.2 Å². The third-order valence-electron chi connectivity index (χ3n) is 6.27. The van der Waals surface area contributed by atoms with Gasteiger partial charge in [0.1, 0.15) is 5.75 Å². The first kappa shape index (κ1) is 20.1. The van der Waals surface area contributed by atoms with E-state index in [0.717, 1.165) is 32.2 Å². The molecule has 0 spiro atoms. The second-order valence-electron chi connectivity index (χ2n) is 8.37. The van der Waals surface area contributed by atoms with Crippen molar-refractivity contribution in [2.45, 2.75) is 49.4 Å². The minimum atomic E-state index is -4.72. The normalized spacial score (nSPS) is 22.0. The molecule has 0 saturated heterocycles. The second-order valence-corrected chi connectivity index (χ2v) is 8.37. The van der Waals surface area contributed by atoms with Gasteiger partial charge in [0, 0.05) is 29.5 Å². The van der Waals surface area contributed by atoms with Gasteiger partial charge in [-0.05, 0) is 49.1 Å². The molecule has 2 aromatic carbocycles. The predicted molar refractivity (Wildman–Crippen MR) is 108 cm³/mol. The zero-order valence-electron chi connectivity index (χ0n) is 16.7. The maximum atomic E-state index is 12.3. The molecule has 0 amide bonds. The van der Waals surface area contributed by atoms with Gasteiger partial charge in [-0.15, -0.1) is 13.2 Å². The van der Waals surface area contributed by atoms with E-state index in [0.29, 0.717) is 29.2 Å². The first-order chi connectivity index (χ1) is 14.9. The molecule has 31 heavy (non-hydrogen) atoms. The summed E-state index contributed by atoms with van der Waals surface area (Å²) in [6.07, 6.45) is -0.504. The SMILES string of the molecule is FC(F)(F)Oc1ccc(-c2nc(C3(CNC4CC4c4ccccc4)CCC3)no2)cc1. The van der Waals surface area contributed by atoms with Gasteiger partial charge in [0.05, 0.1) is 0 Å². The van der Waals surface area contributed by atoms with Gasteiger partial charge in [0.15, 0.2) is 5.82 Å². The van der Waals surface area contributed by atoms with E-state index in [2.05, 4.69) is 44.5 Å². The van der Waals surface area contributed by atoms with E-state index in [1.807, 2.05) is 6.07 Å². The van der Waals surface area contributed by atoms with E-state index < -0.39 is 6.36 Å². The zero-order valence-corrected chi connectivity index (χ0v) is 16.7. The van der Waals surface area contributed by atoms with Crippen molar-refractivity contribution < 1.29 is 22.4 Å². The molecule has 2 saturated carbocycles. The number of nitrogens with one attached hydrogen (secondary N) is 1. The van der Waals surface area contributed by atoms with E-state index in [-0.39, 0.29) is 11.2 Å². The third-order valence-corrected chi connectivity index (χ3v) is 6.27. The number of hydrogen-bond donors (Lipinski definition) is 1. The van der Waals surface area contributed by atoms with Crippen molar-refractivity contribution in [2.75, 3.05) is 6.54 Å². The molecule has 2 atom stereocenters. The lowest BCUT2D eigenvalue weighted by Crippen LogP contribution is -2.45. The van der Waals surface area contributed by atoms with Crippen LogP contribution in [0.4, 0.5) is 13.2 Å². The Morgan fingerprint density at radius 2 is 1.81 bits per heavy atom. The fourth-order valence-corrected chi connectivity index (χ4v) is 4.25. The van der Waals surface area contributed by atoms with E-state index in [4.69, 9.17) is 4.52 Å². The van der Waals surface area contributed by atoms with Crippen LogP contribution < -0.4 is 10.1 Å². The van der Waals surface area contributed by atoms with E-state index in [9.17, 15) is 13.2 Å². The van der Waals surface area contributed by atoms with Crippen molar-refractivity contribution in [3.8, 4) is 17.2 Å². The molecule has 1 aromatic heterocycles. The van der Waals surface area contributed by atoms with Crippen molar-refractivity contribution >= 4 is 0 Å². The highest BCUT2D eigenvalue weighted by Gasteiger charge is 2.46. The average Bonchev–Trinajstić information content (AvgIpc) is 3.33. The number of ether oxygens (including phenoxy) is 1. The van der Waals surface area contributed by atoms with E-state index in [1.165, 1.54) is 29.8 Å². The van der Waals surface area contributed by atoms with Crippen molar-refractivity contribution in [2.24, 2.45) is 0 Å². The maximum absolute atomic E-state index is 12.3. The molecule has 2 fully saturated rings. The van der Waals surface area contributed by atoms with Crippen LogP contribution in [0.1, 0.15) is 43.0 Å². The minimum absolute atomic E-state index is 0.148. The summed E-state index contributed by atoms with van der Waals surface area (Å²) in [6, 6.07) is 16.4. The van der Waals surface area contributed by atoms with Crippen LogP contribution in [-0.4, -0.2) is 29.1 Å². The highest BCUT2D eigenvalue weighted by atomic mass is 19.4. The quantitative estimate of drug-likeness (QED) is 0.559. The van der Waals surface area contributed by atoms with Crippen LogP contribution in [0.5, 0.6) is 5.75 Å². The monoisotopic (exact) mass is 429 g/mol. The van der Waals surface area contributed by atoms with Gasteiger partial charge in [-0.3, -0.25) is 0 Å². The molecule has 3 aromatic rings. The molecule has 0 aliphatic heterocycles. The fourth-order valence-electron chi connectivity index (χ4n) is 4.25. The molecule has 0 radical (unpaired) electrons. The summed E-state index contributed by atoms with van der Waals surface area (Å²) in [4.78, 5) is 4.57. The van der Waals surface area contributed by atoms with Gasteiger partial charge in [-0.25, -0.2) is 0 Å². The molecule has 0 bridgehead atoms. The van der Waals surface area contributed by atoms with Crippen molar-refractivity contribution in [1.82, 2.24) is 15.5 Å². The van der Waals surface area contributed by atoms with Crippen LogP contribution in [0.2, 0.25) is 0 Å². The van der Waals surface area contributed by atoms with Crippen LogP contribution in [0.15, 0.2) is 59.1 Å². The molecule has 2 unspecified atom stereocenters. The summed E-state index contributed by atoms with van der Waals surface area (Å²) in [7, 11) is 0. The number of alkyl halides is 3. The highest BCUT2D eigenvalue weighted by Crippen LogP contribution is 2.45. The predicted octanol–water partition coefficient (Wildman–Crippen LogP) is 5.20. The smallest absolute Gasteiger partial charge is 0.406 e. The van der Waals surface area contributed by atoms with Gasteiger partial charge < -0.3 is 14.6 Å². The molecule has 5 nitrogen and oxygen atoms in total. The molecular formula is C23H22F3N3O2. The largest absolute Gasteiger partial charge is 0.573 e.